The highest BCUT2D eigenvalue weighted by atomic mass is 79.9. The minimum atomic E-state index is -0.799. The van der Waals surface area contributed by atoms with E-state index in [-0.39, 0.29) is 18.1 Å². The van der Waals surface area contributed by atoms with E-state index in [1.165, 1.54) is 22.2 Å². The minimum Gasteiger partial charge on any atom is -0.462 e. The molecule has 2 aromatic carbocycles. The molecular weight excluding hydrogens is 518 g/mol. The van der Waals surface area contributed by atoms with Crippen LogP contribution in [-0.4, -0.2) is 28.0 Å². The number of anilines is 1. The predicted molar refractivity (Wildman–Crippen MR) is 137 cm³/mol. The Balaban J connectivity index is 1.63. The first-order valence-electron chi connectivity index (χ1n) is 10.6. The van der Waals surface area contributed by atoms with E-state index in [1.54, 1.807) is 38.1 Å². The molecule has 0 aliphatic rings. The summed E-state index contributed by atoms with van der Waals surface area (Å²) in [4.78, 5) is 44.3. The number of fused-ring (bicyclic) bond motifs is 1. The lowest BCUT2D eigenvalue weighted by molar-refractivity contribution is -0.118. The van der Waals surface area contributed by atoms with E-state index in [2.05, 4.69) is 26.2 Å². The van der Waals surface area contributed by atoms with Gasteiger partial charge in [0.15, 0.2) is 0 Å². The van der Waals surface area contributed by atoms with E-state index in [9.17, 15) is 14.4 Å². The van der Waals surface area contributed by atoms with Crippen molar-refractivity contribution in [1.82, 2.24) is 9.55 Å². The van der Waals surface area contributed by atoms with E-state index in [0.29, 0.717) is 21.5 Å². The van der Waals surface area contributed by atoms with Gasteiger partial charge in [0.1, 0.15) is 10.9 Å². The number of nitrogens with one attached hydrogen (secondary N) is 1. The van der Waals surface area contributed by atoms with Crippen molar-refractivity contribution in [2.24, 2.45) is 0 Å². The Morgan fingerprint density at radius 1 is 1.15 bits per heavy atom. The highest BCUT2D eigenvalue weighted by molar-refractivity contribution is 9.10. The van der Waals surface area contributed by atoms with Crippen molar-refractivity contribution in [2.45, 2.75) is 26.8 Å². The molecule has 4 aromatic rings. The molecule has 7 nitrogen and oxygen atoms in total. The highest BCUT2D eigenvalue weighted by Crippen LogP contribution is 2.36. The van der Waals surface area contributed by atoms with Gasteiger partial charge in [-0.2, -0.15) is 0 Å². The smallest absolute Gasteiger partial charge is 0.338 e. The van der Waals surface area contributed by atoms with E-state index in [4.69, 9.17) is 4.74 Å². The number of hydrogen-bond donors (Lipinski definition) is 1. The topological polar surface area (TPSA) is 90.3 Å². The number of aromatic nitrogens is 2. The van der Waals surface area contributed by atoms with Crippen LogP contribution in [0.4, 0.5) is 5.69 Å². The maximum atomic E-state index is 13.5. The average Bonchev–Trinajstić information content (AvgIpc) is 3.16. The number of thiophene rings is 1. The normalized spacial score (nSPS) is 11.9. The zero-order valence-corrected chi connectivity index (χ0v) is 21.2. The molecule has 0 saturated carbocycles. The molecule has 9 heteroatoms. The first kappa shape index (κ1) is 23.8. The fourth-order valence-corrected chi connectivity index (χ4v) is 4.90. The van der Waals surface area contributed by atoms with Crippen LogP contribution < -0.4 is 10.9 Å². The molecule has 2 aromatic heterocycles. The van der Waals surface area contributed by atoms with E-state index >= 15 is 0 Å². The second-order valence-corrected chi connectivity index (χ2v) is 9.76. The second-order valence-electron chi connectivity index (χ2n) is 7.64. The van der Waals surface area contributed by atoms with E-state index in [0.717, 1.165) is 20.5 Å². The first-order valence-corrected chi connectivity index (χ1v) is 12.2. The van der Waals surface area contributed by atoms with Gasteiger partial charge >= 0.3 is 5.97 Å². The van der Waals surface area contributed by atoms with Crippen LogP contribution in [0, 0.1) is 6.92 Å². The summed E-state index contributed by atoms with van der Waals surface area (Å²) in [5, 5.41) is 3.30. The second kappa shape index (κ2) is 9.90. The summed E-state index contributed by atoms with van der Waals surface area (Å²) in [6.07, 6.45) is 1.42. The quantitative estimate of drug-likeness (QED) is 0.323. The number of nitrogens with zero attached hydrogens (tertiary/aromatic N) is 2. The summed E-state index contributed by atoms with van der Waals surface area (Å²) in [6.45, 7) is 5.63. The number of rotatable bonds is 6. The van der Waals surface area contributed by atoms with Crippen molar-refractivity contribution in [2.75, 3.05) is 11.9 Å². The van der Waals surface area contributed by atoms with Crippen molar-refractivity contribution in [1.29, 1.82) is 0 Å². The molecular formula is C25H22BrN3O4S. The standard InChI is InChI=1S/C25H22BrN3O4S/c1-4-33-25(32)17-7-11-19(12-8-17)28-22(30)14(2)29-13-27-23-21(24(29)31)20(15(3)34-23)16-5-9-18(26)10-6-16/h5-14H,4H2,1-3H3,(H,28,30). The molecule has 1 amide bonds. The third-order valence-corrected chi connectivity index (χ3v) is 6.95. The van der Waals surface area contributed by atoms with Crippen LogP contribution in [0.25, 0.3) is 21.3 Å². The van der Waals surface area contributed by atoms with Gasteiger partial charge in [0.2, 0.25) is 5.91 Å². The maximum Gasteiger partial charge on any atom is 0.338 e. The van der Waals surface area contributed by atoms with E-state index < -0.39 is 12.0 Å². The average molecular weight is 540 g/mol. The summed E-state index contributed by atoms with van der Waals surface area (Å²) in [6, 6.07) is 13.4. The SMILES string of the molecule is CCOC(=O)c1ccc(NC(=O)C(C)n2cnc3sc(C)c(-c4ccc(Br)cc4)c3c2=O)cc1. The van der Waals surface area contributed by atoms with Crippen molar-refractivity contribution in [3.05, 3.63) is 80.1 Å². The van der Waals surface area contributed by atoms with Crippen LogP contribution in [0.2, 0.25) is 0 Å². The number of esters is 1. The Labute approximate surface area is 208 Å². The molecule has 0 fully saturated rings. The number of carbonyl (C=O) groups is 2. The minimum absolute atomic E-state index is 0.271. The number of aryl methyl sites for hydroxylation is 1. The molecule has 0 aliphatic heterocycles. The van der Waals surface area contributed by atoms with Crippen LogP contribution in [-0.2, 0) is 9.53 Å². The number of amides is 1. The third kappa shape index (κ3) is 4.67. The Morgan fingerprint density at radius 2 is 1.82 bits per heavy atom. The molecule has 2 heterocycles. The van der Waals surface area contributed by atoms with Gasteiger partial charge in [-0.25, -0.2) is 9.78 Å². The third-order valence-electron chi connectivity index (χ3n) is 5.41. The first-order chi connectivity index (χ1) is 16.3. The van der Waals surface area contributed by atoms with Crippen molar-refractivity contribution < 1.29 is 14.3 Å². The Kier molecular flexibility index (Phi) is 6.95. The van der Waals surface area contributed by atoms with Crippen LogP contribution in [0.5, 0.6) is 0 Å². The monoisotopic (exact) mass is 539 g/mol. The van der Waals surface area contributed by atoms with Crippen molar-refractivity contribution >= 4 is 55.0 Å². The van der Waals surface area contributed by atoms with Gasteiger partial charge in [-0.15, -0.1) is 11.3 Å². The molecule has 1 N–H and O–H groups in total. The molecule has 34 heavy (non-hydrogen) atoms. The van der Waals surface area contributed by atoms with Gasteiger partial charge in [0, 0.05) is 20.6 Å². The number of ether oxygens (including phenoxy) is 1. The number of halogens is 1. The molecule has 0 aliphatic carbocycles. The van der Waals surface area contributed by atoms with Crippen LogP contribution in [0.15, 0.2) is 64.1 Å². The largest absolute Gasteiger partial charge is 0.462 e. The van der Waals surface area contributed by atoms with Crippen LogP contribution in [0.1, 0.15) is 35.1 Å². The van der Waals surface area contributed by atoms with Gasteiger partial charge in [0.05, 0.1) is 23.9 Å². The summed E-state index contributed by atoms with van der Waals surface area (Å²) in [5.74, 6) is -0.795. The lowest BCUT2D eigenvalue weighted by Gasteiger charge is -2.15. The van der Waals surface area contributed by atoms with Crippen molar-refractivity contribution in [3.8, 4) is 11.1 Å². The highest BCUT2D eigenvalue weighted by Gasteiger charge is 2.22. The summed E-state index contributed by atoms with van der Waals surface area (Å²) >= 11 is 4.90. The fourth-order valence-electron chi connectivity index (χ4n) is 3.63. The maximum absolute atomic E-state index is 13.5. The summed E-state index contributed by atoms with van der Waals surface area (Å²) in [7, 11) is 0. The molecule has 0 bridgehead atoms. The van der Waals surface area contributed by atoms with Gasteiger partial charge < -0.3 is 10.1 Å². The Morgan fingerprint density at radius 3 is 2.47 bits per heavy atom. The number of carbonyl (C=O) groups excluding carboxylic acids is 2. The van der Waals surface area contributed by atoms with Crippen LogP contribution in [0.3, 0.4) is 0 Å². The molecule has 4 rings (SSSR count). The van der Waals surface area contributed by atoms with Crippen molar-refractivity contribution in [3.63, 3.8) is 0 Å². The lowest BCUT2D eigenvalue weighted by atomic mass is 10.0. The zero-order chi connectivity index (χ0) is 24.4. The van der Waals surface area contributed by atoms with Crippen LogP contribution >= 0.6 is 27.3 Å². The van der Waals surface area contributed by atoms with Gasteiger partial charge in [0.25, 0.3) is 5.56 Å². The molecule has 1 atom stereocenters. The van der Waals surface area contributed by atoms with E-state index in [1.807, 2.05) is 31.2 Å². The number of hydrogen-bond acceptors (Lipinski definition) is 6. The summed E-state index contributed by atoms with van der Waals surface area (Å²) in [5.41, 5.74) is 2.39. The lowest BCUT2D eigenvalue weighted by Crippen LogP contribution is -2.31. The van der Waals surface area contributed by atoms with Gasteiger partial charge in [-0.05, 0) is 62.7 Å². The summed E-state index contributed by atoms with van der Waals surface area (Å²) < 4.78 is 7.26. The Bertz CT molecular complexity index is 1430. The predicted octanol–water partition coefficient (Wildman–Crippen LogP) is 5.57. The number of benzene rings is 2. The fraction of sp³-hybridized carbons (Fsp3) is 0.200. The van der Waals surface area contributed by atoms with Gasteiger partial charge in [-0.1, -0.05) is 28.1 Å². The molecule has 1 unspecified atom stereocenters. The molecule has 0 radical (unpaired) electrons. The molecule has 0 spiro atoms. The molecule has 174 valence electrons. The Hall–Kier alpha value is -3.30. The van der Waals surface area contributed by atoms with Gasteiger partial charge in [-0.3, -0.25) is 14.2 Å². The molecule has 0 saturated heterocycles. The zero-order valence-electron chi connectivity index (χ0n) is 18.8.